The van der Waals surface area contributed by atoms with Gasteiger partial charge < -0.3 is 14.2 Å². The predicted molar refractivity (Wildman–Crippen MR) is 105 cm³/mol. The third-order valence-corrected chi connectivity index (χ3v) is 4.74. The van der Waals surface area contributed by atoms with Crippen LogP contribution < -0.4 is 10.2 Å². The minimum atomic E-state index is -0.370. The molecule has 1 aromatic heterocycles. The molecule has 1 aliphatic heterocycles. The zero-order valence-electron chi connectivity index (χ0n) is 15.5. The van der Waals surface area contributed by atoms with Gasteiger partial charge in [0.05, 0.1) is 5.69 Å². The fourth-order valence-corrected chi connectivity index (χ4v) is 3.21. The van der Waals surface area contributed by atoms with Gasteiger partial charge in [0.15, 0.2) is 5.69 Å². The van der Waals surface area contributed by atoms with Crippen LogP contribution in [0.5, 0.6) is 0 Å². The van der Waals surface area contributed by atoms with Crippen molar-refractivity contribution in [1.29, 1.82) is 0 Å². The Morgan fingerprint density at radius 1 is 0.966 bits per heavy atom. The number of oxazole rings is 1. The number of hydrogen-bond donors (Lipinski definition) is 1. The van der Waals surface area contributed by atoms with E-state index in [1.165, 1.54) is 12.3 Å². The number of carbonyl (C=O) groups is 2. The van der Waals surface area contributed by atoms with Gasteiger partial charge in [-0.1, -0.05) is 30.3 Å². The quantitative estimate of drug-likeness (QED) is 0.736. The van der Waals surface area contributed by atoms with Crippen LogP contribution in [-0.4, -0.2) is 47.9 Å². The monoisotopic (exact) mass is 394 g/mol. The highest BCUT2D eigenvalue weighted by molar-refractivity contribution is 6.03. The standard InChI is InChI=1S/C21H19FN4O3/c22-16-8-4-5-9-18(16)25-10-12-26(13-11-25)20(28)17-14-29-21(23-17)24-19(27)15-6-2-1-3-7-15/h1-9,14H,10-13H2,(H,23,24,27). The van der Waals surface area contributed by atoms with Gasteiger partial charge in [-0.3, -0.25) is 14.9 Å². The summed E-state index contributed by atoms with van der Waals surface area (Å²) < 4.78 is 19.2. The van der Waals surface area contributed by atoms with Crippen LogP contribution in [0.15, 0.2) is 65.3 Å². The zero-order chi connectivity index (χ0) is 20.2. The van der Waals surface area contributed by atoms with E-state index in [0.717, 1.165) is 0 Å². The third-order valence-electron chi connectivity index (χ3n) is 4.74. The average molecular weight is 394 g/mol. The number of rotatable bonds is 4. The molecule has 2 aromatic carbocycles. The molecule has 7 nitrogen and oxygen atoms in total. The summed E-state index contributed by atoms with van der Waals surface area (Å²) in [5.74, 6) is -0.935. The van der Waals surface area contributed by atoms with Gasteiger partial charge in [-0.25, -0.2) is 4.39 Å². The van der Waals surface area contributed by atoms with Crippen LogP contribution in [0.1, 0.15) is 20.8 Å². The van der Waals surface area contributed by atoms with Crippen molar-refractivity contribution < 1.29 is 18.4 Å². The van der Waals surface area contributed by atoms with Crippen molar-refractivity contribution in [2.75, 3.05) is 36.4 Å². The lowest BCUT2D eigenvalue weighted by Crippen LogP contribution is -2.49. The SMILES string of the molecule is O=C(Nc1nc(C(=O)N2CCN(c3ccccc3F)CC2)co1)c1ccccc1. The van der Waals surface area contributed by atoms with Crippen LogP contribution in [0.4, 0.5) is 16.1 Å². The minimum Gasteiger partial charge on any atom is -0.431 e. The molecule has 8 heteroatoms. The van der Waals surface area contributed by atoms with Gasteiger partial charge in [0, 0.05) is 31.7 Å². The third kappa shape index (κ3) is 4.11. The molecule has 2 heterocycles. The van der Waals surface area contributed by atoms with E-state index in [1.807, 2.05) is 11.0 Å². The molecule has 29 heavy (non-hydrogen) atoms. The van der Waals surface area contributed by atoms with Crippen molar-refractivity contribution in [3.8, 4) is 0 Å². The van der Waals surface area contributed by atoms with Crippen LogP contribution in [0.3, 0.4) is 0 Å². The van der Waals surface area contributed by atoms with Crippen molar-refractivity contribution in [3.05, 3.63) is 77.9 Å². The average Bonchev–Trinajstić information content (AvgIpc) is 3.23. The second kappa shape index (κ2) is 8.14. The first kappa shape index (κ1) is 18.7. The summed E-state index contributed by atoms with van der Waals surface area (Å²) >= 11 is 0. The molecule has 1 N–H and O–H groups in total. The van der Waals surface area contributed by atoms with E-state index in [0.29, 0.717) is 37.4 Å². The Morgan fingerprint density at radius 3 is 2.38 bits per heavy atom. The number of nitrogens with one attached hydrogen (secondary N) is 1. The first-order chi connectivity index (χ1) is 14.1. The van der Waals surface area contributed by atoms with Crippen molar-refractivity contribution in [1.82, 2.24) is 9.88 Å². The molecule has 0 unspecified atom stereocenters. The molecule has 0 radical (unpaired) electrons. The summed E-state index contributed by atoms with van der Waals surface area (Å²) in [4.78, 5) is 32.5. The molecule has 0 spiro atoms. The Hall–Kier alpha value is -3.68. The first-order valence-corrected chi connectivity index (χ1v) is 9.22. The molecule has 4 rings (SSSR count). The summed E-state index contributed by atoms with van der Waals surface area (Å²) in [6.07, 6.45) is 1.23. The highest BCUT2D eigenvalue weighted by atomic mass is 19.1. The highest BCUT2D eigenvalue weighted by Gasteiger charge is 2.25. The number of halogens is 1. The molecule has 0 aliphatic carbocycles. The van der Waals surface area contributed by atoms with E-state index in [-0.39, 0.29) is 29.3 Å². The van der Waals surface area contributed by atoms with Gasteiger partial charge in [0.2, 0.25) is 0 Å². The minimum absolute atomic E-state index is 0.0350. The number of nitrogens with zero attached hydrogens (tertiary/aromatic N) is 3. The number of aromatic nitrogens is 1. The van der Waals surface area contributed by atoms with E-state index >= 15 is 0 Å². The lowest BCUT2D eigenvalue weighted by Gasteiger charge is -2.35. The molecule has 1 fully saturated rings. The normalized spacial score (nSPS) is 14.0. The molecule has 148 valence electrons. The first-order valence-electron chi connectivity index (χ1n) is 9.22. The molecule has 3 aromatic rings. The lowest BCUT2D eigenvalue weighted by atomic mass is 10.2. The van der Waals surface area contributed by atoms with Crippen LogP contribution in [-0.2, 0) is 0 Å². The van der Waals surface area contributed by atoms with Gasteiger partial charge in [-0.05, 0) is 24.3 Å². The zero-order valence-corrected chi connectivity index (χ0v) is 15.5. The Bertz CT molecular complexity index is 1010. The molecular formula is C21H19FN4O3. The van der Waals surface area contributed by atoms with Crippen molar-refractivity contribution in [3.63, 3.8) is 0 Å². The van der Waals surface area contributed by atoms with E-state index in [4.69, 9.17) is 4.42 Å². The number of anilines is 2. The lowest BCUT2D eigenvalue weighted by molar-refractivity contribution is 0.0740. The molecule has 2 amide bonds. The summed E-state index contributed by atoms with van der Waals surface area (Å²) in [6, 6.07) is 15.2. The maximum Gasteiger partial charge on any atom is 0.302 e. The fraction of sp³-hybridized carbons (Fsp3) is 0.190. The number of hydrogen-bond acceptors (Lipinski definition) is 5. The van der Waals surface area contributed by atoms with Crippen molar-refractivity contribution in [2.45, 2.75) is 0 Å². The Morgan fingerprint density at radius 2 is 1.66 bits per heavy atom. The molecule has 0 bridgehead atoms. The smallest absolute Gasteiger partial charge is 0.302 e. The topological polar surface area (TPSA) is 78.7 Å². The molecule has 1 aliphatic rings. The Labute approximate surface area is 166 Å². The van der Waals surface area contributed by atoms with Crippen LogP contribution in [0.2, 0.25) is 0 Å². The van der Waals surface area contributed by atoms with Crippen LogP contribution in [0.25, 0.3) is 0 Å². The van der Waals surface area contributed by atoms with E-state index in [9.17, 15) is 14.0 Å². The number of amides is 2. The van der Waals surface area contributed by atoms with Gasteiger partial charge >= 0.3 is 6.01 Å². The van der Waals surface area contributed by atoms with Crippen molar-refractivity contribution in [2.24, 2.45) is 0 Å². The highest BCUT2D eigenvalue weighted by Crippen LogP contribution is 2.21. The number of benzene rings is 2. The molecular weight excluding hydrogens is 375 g/mol. The molecule has 0 saturated carbocycles. The number of piperazine rings is 1. The summed E-state index contributed by atoms with van der Waals surface area (Å²) in [6.45, 7) is 1.90. The van der Waals surface area contributed by atoms with E-state index < -0.39 is 0 Å². The van der Waals surface area contributed by atoms with Gasteiger partial charge in [-0.15, -0.1) is 0 Å². The number of carbonyl (C=O) groups excluding carboxylic acids is 2. The van der Waals surface area contributed by atoms with Gasteiger partial charge in [0.25, 0.3) is 11.8 Å². The summed E-state index contributed by atoms with van der Waals surface area (Å²) in [5, 5.41) is 2.53. The predicted octanol–water partition coefficient (Wildman–Crippen LogP) is 3.03. The Kier molecular flexibility index (Phi) is 5.24. The van der Waals surface area contributed by atoms with Crippen LogP contribution in [0, 0.1) is 5.82 Å². The Balaban J connectivity index is 1.36. The number of para-hydroxylation sites is 1. The summed E-state index contributed by atoms with van der Waals surface area (Å²) in [7, 11) is 0. The molecule has 0 atom stereocenters. The van der Waals surface area contributed by atoms with Gasteiger partial charge in [-0.2, -0.15) is 4.98 Å². The fourth-order valence-electron chi connectivity index (χ4n) is 3.21. The van der Waals surface area contributed by atoms with E-state index in [1.54, 1.807) is 47.4 Å². The largest absolute Gasteiger partial charge is 0.431 e. The maximum atomic E-state index is 13.9. The van der Waals surface area contributed by atoms with Crippen molar-refractivity contribution >= 4 is 23.5 Å². The van der Waals surface area contributed by atoms with E-state index in [2.05, 4.69) is 10.3 Å². The second-order valence-electron chi connectivity index (χ2n) is 6.59. The maximum absolute atomic E-state index is 13.9. The van der Waals surface area contributed by atoms with Gasteiger partial charge in [0.1, 0.15) is 12.1 Å². The second-order valence-corrected chi connectivity index (χ2v) is 6.59. The summed E-state index contributed by atoms with van der Waals surface area (Å²) in [5.41, 5.74) is 1.11. The molecule has 1 saturated heterocycles. The van der Waals surface area contributed by atoms with Crippen LogP contribution >= 0.6 is 0 Å².